The molecule has 5 heteroatoms. The summed E-state index contributed by atoms with van der Waals surface area (Å²) in [6.07, 6.45) is 1.66. The fourth-order valence-corrected chi connectivity index (χ4v) is 9.29. The van der Waals surface area contributed by atoms with Gasteiger partial charge in [-0.15, -0.1) is 23.8 Å². The maximum absolute atomic E-state index is 12.1. The van der Waals surface area contributed by atoms with E-state index in [0.717, 1.165) is 66.8 Å². The van der Waals surface area contributed by atoms with Crippen molar-refractivity contribution < 1.29 is 38.5 Å². The van der Waals surface area contributed by atoms with E-state index in [2.05, 4.69) is 92.1 Å². The molecule has 0 fully saturated rings. The number of para-hydroxylation sites is 1. The Morgan fingerprint density at radius 3 is 1.81 bits per heavy atom. The molecule has 0 saturated heterocycles. The van der Waals surface area contributed by atoms with Crippen LogP contribution < -0.4 is 0 Å². The fraction of sp³-hybridized carbons (Fsp3) is 0.156. The van der Waals surface area contributed by atoms with Gasteiger partial charge in [0, 0.05) is 50.9 Å². The van der Waals surface area contributed by atoms with Crippen LogP contribution in [0.25, 0.3) is 95.0 Å². The smallest absolute Gasteiger partial charge is 0.148 e. The number of phenols is 1. The van der Waals surface area contributed by atoms with Gasteiger partial charge >= 0.3 is 0 Å². The molecule has 0 aliphatic rings. The zero-order valence-corrected chi connectivity index (χ0v) is 41.3. The predicted molar refractivity (Wildman–Crippen MR) is 284 cm³/mol. The van der Waals surface area contributed by atoms with E-state index in [9.17, 15) is 5.11 Å². The quantitative estimate of drug-likeness (QED) is 0.154. The molecule has 0 radical (unpaired) electrons. The molecule has 0 aliphatic carbocycles. The summed E-state index contributed by atoms with van der Waals surface area (Å²) in [5.41, 5.74) is 12.2. The molecule has 0 saturated carbocycles. The molecule has 2 heterocycles. The van der Waals surface area contributed by atoms with Crippen LogP contribution in [0.15, 0.2) is 188 Å². The Hall–Kier alpha value is -7.13. The molecule has 8 aromatic carbocycles. The van der Waals surface area contributed by atoms with Crippen molar-refractivity contribution in [3.63, 3.8) is 0 Å². The zero-order valence-electron chi connectivity index (χ0n) is 48.0. The minimum atomic E-state index is -3.38. The second kappa shape index (κ2) is 18.7. The Balaban J connectivity index is 0.00000740. The molecule has 0 amide bonds. The number of rotatable bonds is 8. The van der Waals surface area contributed by atoms with E-state index < -0.39 is 26.0 Å². The van der Waals surface area contributed by atoms with Gasteiger partial charge in [0.2, 0.25) is 0 Å². The van der Waals surface area contributed by atoms with Crippen LogP contribution in [0.3, 0.4) is 0 Å². The summed E-state index contributed by atoms with van der Waals surface area (Å²) in [6.45, 7) is 0.485. The van der Waals surface area contributed by atoms with E-state index in [1.54, 1.807) is 24.4 Å². The van der Waals surface area contributed by atoms with Crippen molar-refractivity contribution in [2.45, 2.75) is 66.0 Å². The summed E-state index contributed by atoms with van der Waals surface area (Å²) in [6, 6.07) is 62.6. The molecule has 0 aliphatic heterocycles. The molecule has 0 unspecified atom stereocenters. The van der Waals surface area contributed by atoms with E-state index in [1.165, 1.54) is 17.7 Å². The van der Waals surface area contributed by atoms with Crippen LogP contribution in [0.2, 0.25) is 0 Å². The minimum Gasteiger partial charge on any atom is -0.507 e. The van der Waals surface area contributed by atoms with Gasteiger partial charge in [0.15, 0.2) is 0 Å². The molecular weight excluding hydrogens is 1020 g/mol. The van der Waals surface area contributed by atoms with Gasteiger partial charge in [0.1, 0.15) is 11.6 Å². The standard InChI is InChI=1S/C64H56N3O.Pt/c1-41-33-42(2)61(68)55(34-41)62-66-60-52(25-18-26-58(60)67(62)59-40-53(45-21-14-10-15-22-45)56(64(6,7)8)39-54(59)46-23-16-11-17-24-46)49-35-48(43-19-12-9-13-20-43)36-50(37-49)57-38-47(31-32-65-57)44-27-29-51(30-28-44)63(3,4)5;/h9-36,38-40,68H,1-8H3;/q-1;/i3D3,4D3,5D3;. The number of fused-ring (bicyclic) bond motifs is 1. The molecule has 0 spiro atoms. The first kappa shape index (κ1) is 36.9. The number of aryl methyl sites for hydroxylation is 2. The first-order chi connectivity index (χ1) is 36.5. The average Bonchev–Trinajstić information content (AvgIpc) is 3.81. The summed E-state index contributed by atoms with van der Waals surface area (Å²) in [4.78, 5) is 10.4. The number of pyridine rings is 1. The van der Waals surface area contributed by atoms with Crippen molar-refractivity contribution in [1.29, 1.82) is 0 Å². The minimum absolute atomic E-state index is 0. The predicted octanol–water partition coefficient (Wildman–Crippen LogP) is 16.8. The maximum atomic E-state index is 12.1. The second-order valence-electron chi connectivity index (χ2n) is 18.6. The topological polar surface area (TPSA) is 50.9 Å². The second-order valence-corrected chi connectivity index (χ2v) is 18.6. The fourth-order valence-electron chi connectivity index (χ4n) is 9.29. The normalized spacial score (nSPS) is 14.2. The molecule has 69 heavy (non-hydrogen) atoms. The molecular formula is C64H56N3OPt-. The number of imidazole rings is 1. The summed E-state index contributed by atoms with van der Waals surface area (Å²) < 4.78 is 76.3. The van der Waals surface area contributed by atoms with Crippen molar-refractivity contribution in [3.8, 4) is 89.7 Å². The van der Waals surface area contributed by atoms with E-state index in [-0.39, 0.29) is 37.8 Å². The van der Waals surface area contributed by atoms with Crippen molar-refractivity contribution in [2.24, 2.45) is 0 Å². The van der Waals surface area contributed by atoms with Crippen LogP contribution in [0.4, 0.5) is 0 Å². The number of phenolic OH excluding ortho intramolecular Hbond substituents is 1. The number of benzene rings is 8. The number of aromatic hydroxyl groups is 1. The summed E-state index contributed by atoms with van der Waals surface area (Å²) >= 11 is 0. The molecule has 344 valence electrons. The first-order valence-electron chi connectivity index (χ1n) is 27.3. The largest absolute Gasteiger partial charge is 0.507 e. The van der Waals surface area contributed by atoms with Gasteiger partial charge in [-0.2, -0.15) is 0 Å². The molecule has 10 aromatic rings. The Kier molecular flexibility index (Phi) is 10.0. The van der Waals surface area contributed by atoms with Gasteiger partial charge in [-0.1, -0.05) is 198 Å². The van der Waals surface area contributed by atoms with E-state index in [4.69, 9.17) is 22.3 Å². The molecule has 0 bridgehead atoms. The Bertz CT molecular complexity index is 3790. The van der Waals surface area contributed by atoms with E-state index >= 15 is 0 Å². The third-order valence-corrected chi connectivity index (χ3v) is 12.7. The molecule has 1 N–H and O–H groups in total. The summed E-state index contributed by atoms with van der Waals surface area (Å²) in [5.74, 6) is 0.696. The third-order valence-electron chi connectivity index (χ3n) is 12.7. The van der Waals surface area contributed by atoms with Crippen LogP contribution in [0.1, 0.15) is 75.9 Å². The summed E-state index contributed by atoms with van der Waals surface area (Å²) in [7, 11) is 0. The molecule has 2 aromatic heterocycles. The van der Waals surface area contributed by atoms with Gasteiger partial charge in [-0.25, -0.2) is 4.98 Å². The van der Waals surface area contributed by atoms with Crippen LogP contribution in [0.5, 0.6) is 5.75 Å². The zero-order chi connectivity index (χ0) is 54.8. The van der Waals surface area contributed by atoms with Crippen molar-refractivity contribution in [3.05, 3.63) is 217 Å². The SMILES string of the molecule is [2H]C([2H])([2H])C(c1ccc(-c2ccnc(-c3[c-]c(-c4cccc5c4nc(-c4cc(C)cc(C)c4O)n5-c4cc(-c5ccccc5)c(C(C)(C)C)cc4-c4ccccc4)cc(-c4ccccc4)c3)c2)cc1)(C([2H])([2H])[2H])C([2H])([2H])[2H].[Pt]. The van der Waals surface area contributed by atoms with Gasteiger partial charge in [-0.3, -0.25) is 9.55 Å². The molecule has 0 atom stereocenters. The molecule has 4 nitrogen and oxygen atoms in total. The monoisotopic (exact) mass is 1090 g/mol. The van der Waals surface area contributed by atoms with Crippen LogP contribution in [-0.2, 0) is 31.9 Å². The Morgan fingerprint density at radius 2 is 1.16 bits per heavy atom. The average molecular weight is 1090 g/mol. The van der Waals surface area contributed by atoms with E-state index in [0.29, 0.717) is 39.3 Å². The number of aromatic nitrogens is 3. The van der Waals surface area contributed by atoms with Gasteiger partial charge in [-0.05, 0) is 111 Å². The number of nitrogens with zero attached hydrogens (tertiary/aromatic N) is 3. The van der Waals surface area contributed by atoms with Crippen LogP contribution in [-0.4, -0.2) is 19.6 Å². The van der Waals surface area contributed by atoms with Gasteiger partial charge in [0.25, 0.3) is 0 Å². The van der Waals surface area contributed by atoms with Gasteiger partial charge in [0.05, 0.1) is 22.3 Å². The third kappa shape index (κ3) is 9.27. The van der Waals surface area contributed by atoms with Crippen LogP contribution in [0, 0.1) is 19.9 Å². The van der Waals surface area contributed by atoms with Crippen molar-refractivity contribution in [2.75, 3.05) is 0 Å². The maximum Gasteiger partial charge on any atom is 0.148 e. The number of hydrogen-bond acceptors (Lipinski definition) is 3. The van der Waals surface area contributed by atoms with Gasteiger partial charge < -0.3 is 5.11 Å². The Morgan fingerprint density at radius 1 is 0.536 bits per heavy atom. The van der Waals surface area contributed by atoms with E-state index in [1.807, 2.05) is 105 Å². The van der Waals surface area contributed by atoms with Crippen molar-refractivity contribution >= 4 is 11.0 Å². The Labute approximate surface area is 434 Å². The van der Waals surface area contributed by atoms with Crippen molar-refractivity contribution in [1.82, 2.24) is 14.5 Å². The van der Waals surface area contributed by atoms with Crippen LogP contribution >= 0.6 is 0 Å². The molecule has 10 rings (SSSR count). The number of hydrogen-bond donors (Lipinski definition) is 1. The first-order valence-corrected chi connectivity index (χ1v) is 22.8. The summed E-state index contributed by atoms with van der Waals surface area (Å²) in [5, 5.41) is 12.1.